The standard InChI is InChI=1S/C15H13ClFNO3/c1-2-21-14-6-4-10(8-12(14)17)18-15(20)11-5-3-9(16)7-13(11)19/h3-8,19H,2H2,1H3,(H,18,20). The number of phenols is 1. The molecule has 0 saturated heterocycles. The largest absolute Gasteiger partial charge is 0.507 e. The number of nitrogens with one attached hydrogen (secondary N) is 1. The Morgan fingerprint density at radius 2 is 2.10 bits per heavy atom. The lowest BCUT2D eigenvalue weighted by Crippen LogP contribution is -2.12. The molecule has 0 unspecified atom stereocenters. The van der Waals surface area contributed by atoms with Crippen LogP contribution in [0.25, 0.3) is 0 Å². The minimum Gasteiger partial charge on any atom is -0.507 e. The zero-order valence-corrected chi connectivity index (χ0v) is 11.9. The maximum absolute atomic E-state index is 13.7. The number of halogens is 2. The quantitative estimate of drug-likeness (QED) is 0.902. The highest BCUT2D eigenvalue weighted by Crippen LogP contribution is 2.25. The smallest absolute Gasteiger partial charge is 0.259 e. The molecule has 2 aromatic rings. The molecule has 0 aliphatic carbocycles. The third-order valence-corrected chi connectivity index (χ3v) is 2.93. The van der Waals surface area contributed by atoms with Crippen LogP contribution in [-0.4, -0.2) is 17.6 Å². The average Bonchev–Trinajstić information content (AvgIpc) is 2.41. The Morgan fingerprint density at radius 3 is 2.71 bits per heavy atom. The number of ether oxygens (including phenoxy) is 1. The van der Waals surface area contributed by atoms with Crippen LogP contribution < -0.4 is 10.1 Å². The monoisotopic (exact) mass is 309 g/mol. The van der Waals surface area contributed by atoms with Crippen LogP contribution in [0, 0.1) is 5.82 Å². The minimum atomic E-state index is -0.574. The molecule has 110 valence electrons. The number of benzene rings is 2. The van der Waals surface area contributed by atoms with Crippen molar-refractivity contribution >= 4 is 23.2 Å². The Hall–Kier alpha value is -2.27. The van der Waals surface area contributed by atoms with Crippen LogP contribution in [0.4, 0.5) is 10.1 Å². The van der Waals surface area contributed by atoms with Crippen LogP contribution in [-0.2, 0) is 0 Å². The summed E-state index contributed by atoms with van der Waals surface area (Å²) in [5.74, 6) is -1.26. The van der Waals surface area contributed by atoms with E-state index < -0.39 is 11.7 Å². The lowest BCUT2D eigenvalue weighted by molar-refractivity contribution is 0.102. The number of hydrogen-bond donors (Lipinski definition) is 2. The summed E-state index contributed by atoms with van der Waals surface area (Å²) in [5, 5.41) is 12.5. The van der Waals surface area contributed by atoms with E-state index in [-0.39, 0.29) is 22.7 Å². The number of phenolic OH excluding ortho intramolecular Hbond substituents is 1. The molecular weight excluding hydrogens is 297 g/mol. The Balaban J connectivity index is 2.17. The number of carbonyl (C=O) groups is 1. The fourth-order valence-corrected chi connectivity index (χ4v) is 1.91. The molecule has 1 amide bonds. The summed E-state index contributed by atoms with van der Waals surface area (Å²) in [6, 6.07) is 8.22. The average molecular weight is 310 g/mol. The van der Waals surface area contributed by atoms with Crippen molar-refractivity contribution in [2.75, 3.05) is 11.9 Å². The van der Waals surface area contributed by atoms with Gasteiger partial charge in [0.05, 0.1) is 12.2 Å². The van der Waals surface area contributed by atoms with Gasteiger partial charge in [0, 0.05) is 16.8 Å². The van der Waals surface area contributed by atoms with Crippen LogP contribution in [0.3, 0.4) is 0 Å². The predicted molar refractivity (Wildman–Crippen MR) is 78.6 cm³/mol. The third kappa shape index (κ3) is 3.64. The van der Waals surface area contributed by atoms with Crippen LogP contribution in [0.5, 0.6) is 11.5 Å². The molecule has 4 nitrogen and oxygen atoms in total. The summed E-state index contributed by atoms with van der Waals surface area (Å²) in [7, 11) is 0. The van der Waals surface area contributed by atoms with E-state index in [2.05, 4.69) is 5.32 Å². The van der Waals surface area contributed by atoms with Crippen LogP contribution in [0.1, 0.15) is 17.3 Å². The fraction of sp³-hybridized carbons (Fsp3) is 0.133. The van der Waals surface area contributed by atoms with E-state index in [0.717, 1.165) is 6.07 Å². The molecule has 2 aromatic carbocycles. The van der Waals surface area contributed by atoms with Crippen LogP contribution in [0.2, 0.25) is 5.02 Å². The highest BCUT2D eigenvalue weighted by atomic mass is 35.5. The van der Waals surface area contributed by atoms with Crippen molar-refractivity contribution in [2.24, 2.45) is 0 Å². The van der Waals surface area contributed by atoms with Gasteiger partial charge >= 0.3 is 0 Å². The molecule has 0 aromatic heterocycles. The van der Waals surface area contributed by atoms with Crippen molar-refractivity contribution in [3.63, 3.8) is 0 Å². The van der Waals surface area contributed by atoms with E-state index in [4.69, 9.17) is 16.3 Å². The van der Waals surface area contributed by atoms with Gasteiger partial charge in [-0.2, -0.15) is 0 Å². The summed E-state index contributed by atoms with van der Waals surface area (Å²) in [6.45, 7) is 2.10. The summed E-state index contributed by atoms with van der Waals surface area (Å²) in [4.78, 5) is 12.0. The first-order valence-electron chi connectivity index (χ1n) is 6.23. The number of hydrogen-bond acceptors (Lipinski definition) is 3. The molecule has 0 bridgehead atoms. The van der Waals surface area contributed by atoms with Gasteiger partial charge < -0.3 is 15.2 Å². The van der Waals surface area contributed by atoms with E-state index >= 15 is 0 Å². The molecule has 0 aliphatic rings. The molecule has 0 spiro atoms. The lowest BCUT2D eigenvalue weighted by atomic mass is 10.2. The van der Waals surface area contributed by atoms with Crippen molar-refractivity contribution in [3.05, 3.63) is 52.8 Å². The number of amides is 1. The number of rotatable bonds is 4. The second-order valence-corrected chi connectivity index (χ2v) is 4.63. The number of aromatic hydroxyl groups is 1. The first kappa shape index (κ1) is 15.1. The molecule has 0 saturated carbocycles. The maximum atomic E-state index is 13.7. The summed E-state index contributed by atoms with van der Waals surface area (Å²) in [6.07, 6.45) is 0. The summed E-state index contributed by atoms with van der Waals surface area (Å²) >= 11 is 5.69. The Bertz CT molecular complexity index is 676. The topological polar surface area (TPSA) is 58.6 Å². The van der Waals surface area contributed by atoms with Gasteiger partial charge in [0.15, 0.2) is 11.6 Å². The normalized spacial score (nSPS) is 10.2. The molecule has 0 radical (unpaired) electrons. The maximum Gasteiger partial charge on any atom is 0.259 e. The highest BCUT2D eigenvalue weighted by molar-refractivity contribution is 6.30. The van der Waals surface area contributed by atoms with E-state index in [1.165, 1.54) is 30.3 Å². The van der Waals surface area contributed by atoms with Crippen molar-refractivity contribution in [1.29, 1.82) is 0 Å². The van der Waals surface area contributed by atoms with Crippen molar-refractivity contribution < 1.29 is 19.0 Å². The van der Waals surface area contributed by atoms with Crippen molar-refractivity contribution in [3.8, 4) is 11.5 Å². The molecule has 0 aliphatic heterocycles. The van der Waals surface area contributed by atoms with Gasteiger partial charge in [-0.15, -0.1) is 0 Å². The second-order valence-electron chi connectivity index (χ2n) is 4.19. The molecule has 0 atom stereocenters. The van der Waals surface area contributed by atoms with Gasteiger partial charge in [0.1, 0.15) is 5.75 Å². The third-order valence-electron chi connectivity index (χ3n) is 2.69. The first-order chi connectivity index (χ1) is 10.0. The fourth-order valence-electron chi connectivity index (χ4n) is 1.75. The van der Waals surface area contributed by atoms with Gasteiger partial charge in [-0.05, 0) is 37.3 Å². The van der Waals surface area contributed by atoms with Gasteiger partial charge in [-0.3, -0.25) is 4.79 Å². The molecule has 2 rings (SSSR count). The molecule has 0 fully saturated rings. The zero-order chi connectivity index (χ0) is 15.4. The summed E-state index contributed by atoms with van der Waals surface area (Å²) in [5.41, 5.74) is 0.309. The van der Waals surface area contributed by atoms with Crippen molar-refractivity contribution in [1.82, 2.24) is 0 Å². The minimum absolute atomic E-state index is 0.0497. The molecule has 21 heavy (non-hydrogen) atoms. The molecule has 0 heterocycles. The Kier molecular flexibility index (Phi) is 4.65. The summed E-state index contributed by atoms with van der Waals surface area (Å²) < 4.78 is 18.8. The molecule has 2 N–H and O–H groups in total. The van der Waals surface area contributed by atoms with E-state index in [1.54, 1.807) is 6.92 Å². The van der Waals surface area contributed by atoms with Gasteiger partial charge in [-0.1, -0.05) is 11.6 Å². The van der Waals surface area contributed by atoms with Crippen LogP contribution in [0.15, 0.2) is 36.4 Å². The van der Waals surface area contributed by atoms with E-state index in [1.807, 2.05) is 0 Å². The van der Waals surface area contributed by atoms with Crippen molar-refractivity contribution in [2.45, 2.75) is 6.92 Å². The van der Waals surface area contributed by atoms with Crippen LogP contribution >= 0.6 is 11.6 Å². The van der Waals surface area contributed by atoms with Gasteiger partial charge in [0.25, 0.3) is 5.91 Å². The highest BCUT2D eigenvalue weighted by Gasteiger charge is 2.13. The first-order valence-corrected chi connectivity index (χ1v) is 6.61. The second kappa shape index (κ2) is 6.45. The molecular formula is C15H13ClFNO3. The van der Waals surface area contributed by atoms with Gasteiger partial charge in [0.2, 0.25) is 0 Å². The van der Waals surface area contributed by atoms with E-state index in [9.17, 15) is 14.3 Å². The zero-order valence-electron chi connectivity index (χ0n) is 11.2. The number of carbonyl (C=O) groups excluding carboxylic acids is 1. The Labute approximate surface area is 126 Å². The predicted octanol–water partition coefficient (Wildman–Crippen LogP) is 3.84. The number of anilines is 1. The SMILES string of the molecule is CCOc1ccc(NC(=O)c2ccc(Cl)cc2O)cc1F. The van der Waals surface area contributed by atoms with E-state index in [0.29, 0.717) is 11.6 Å². The van der Waals surface area contributed by atoms with Gasteiger partial charge in [-0.25, -0.2) is 4.39 Å². The lowest BCUT2D eigenvalue weighted by Gasteiger charge is -2.09. The molecule has 6 heteroatoms. The Morgan fingerprint density at radius 1 is 1.33 bits per heavy atom.